The predicted octanol–water partition coefficient (Wildman–Crippen LogP) is 7.40. The molecule has 0 unspecified atom stereocenters. The van der Waals surface area contributed by atoms with Crippen molar-refractivity contribution in [3.8, 4) is 17.2 Å². The van der Waals surface area contributed by atoms with Crippen LogP contribution in [0.15, 0.2) is 30.3 Å². The van der Waals surface area contributed by atoms with Crippen molar-refractivity contribution in [1.82, 2.24) is 0 Å². The summed E-state index contributed by atoms with van der Waals surface area (Å²) in [6.45, 7) is 29.4. The van der Waals surface area contributed by atoms with Crippen molar-refractivity contribution in [2.45, 2.75) is 65.6 Å². The van der Waals surface area contributed by atoms with Crippen LogP contribution in [0.3, 0.4) is 0 Å². The number of benzene rings is 3. The van der Waals surface area contributed by atoms with Crippen LogP contribution in [0, 0.1) is 20.0 Å². The number of methoxy groups -OCH3 is 2. The van der Waals surface area contributed by atoms with Crippen LogP contribution < -0.4 is 13.9 Å². The summed E-state index contributed by atoms with van der Waals surface area (Å²) in [5.41, 5.74) is 2.53. The Morgan fingerprint density at radius 2 is 1.24 bits per heavy atom. The molecule has 0 aromatic heterocycles. The van der Waals surface area contributed by atoms with E-state index in [1.807, 2.05) is 6.07 Å². The predicted molar refractivity (Wildman–Crippen MR) is 143 cm³/mol. The van der Waals surface area contributed by atoms with Gasteiger partial charge >= 0.3 is 33.9 Å². The number of hydrogen-bond donors (Lipinski definition) is 0. The van der Waals surface area contributed by atoms with E-state index in [9.17, 15) is 0 Å². The molecule has 0 aliphatic rings. The van der Waals surface area contributed by atoms with E-state index < -0.39 is 8.32 Å². The standard InChI is InChI=1S/C26H36O3Si.3CO.Cr/c1-10-19-20(11-2)25(29-30(8,9)26(3,4)5)23-21-15-13-18(27-6)16-17(21)12-14-22(23)24(19)28-7;3*1-2;/h12-16H,10-11H2,1-9H3;;;;. The summed E-state index contributed by atoms with van der Waals surface area (Å²) in [6.07, 6.45) is 1.82. The van der Waals surface area contributed by atoms with Gasteiger partial charge in [0.05, 0.1) is 14.2 Å². The fourth-order valence-corrected chi connectivity index (χ4v) is 5.00. The average molecular weight is 561 g/mol. The first-order chi connectivity index (χ1) is 17.1. The van der Waals surface area contributed by atoms with E-state index in [2.05, 4.69) is 91.9 Å². The van der Waals surface area contributed by atoms with Gasteiger partial charge < -0.3 is 13.9 Å². The van der Waals surface area contributed by atoms with Gasteiger partial charge in [-0.25, -0.2) is 0 Å². The molecular weight excluding hydrogens is 524 g/mol. The van der Waals surface area contributed by atoms with Crippen molar-refractivity contribution in [3.63, 3.8) is 0 Å². The van der Waals surface area contributed by atoms with E-state index in [1.165, 1.54) is 16.5 Å². The number of hydrogen-bond acceptors (Lipinski definition) is 3. The van der Waals surface area contributed by atoms with Gasteiger partial charge in [-0.2, -0.15) is 0 Å². The van der Waals surface area contributed by atoms with Crippen molar-refractivity contribution in [2.75, 3.05) is 14.2 Å². The largest absolute Gasteiger partial charge is 0 e. The van der Waals surface area contributed by atoms with Crippen molar-refractivity contribution in [2.24, 2.45) is 0 Å². The van der Waals surface area contributed by atoms with E-state index in [0.29, 0.717) is 0 Å². The van der Waals surface area contributed by atoms with Crippen LogP contribution in [0.2, 0.25) is 18.1 Å². The Morgan fingerprint density at radius 3 is 1.68 bits per heavy atom. The zero-order valence-electron chi connectivity index (χ0n) is 23.2. The maximum absolute atomic E-state index is 7.50. The topological polar surface area (TPSA) is 87.4 Å². The zero-order valence-corrected chi connectivity index (χ0v) is 25.4. The van der Waals surface area contributed by atoms with Gasteiger partial charge in [-0.15, -0.1) is 0 Å². The van der Waals surface area contributed by atoms with Gasteiger partial charge in [0.1, 0.15) is 17.2 Å². The molecule has 6 nitrogen and oxygen atoms in total. The summed E-state index contributed by atoms with van der Waals surface area (Å²) in [7, 11) is 1.44. The van der Waals surface area contributed by atoms with E-state index in [4.69, 9.17) is 27.9 Å². The molecule has 0 heterocycles. The summed E-state index contributed by atoms with van der Waals surface area (Å²) in [5, 5.41) is 4.72. The molecule has 3 rings (SSSR count). The number of ether oxygens (including phenoxy) is 2. The fraction of sp³-hybridized carbons (Fsp3) is 0.414. The molecule has 0 aliphatic carbocycles. The summed E-state index contributed by atoms with van der Waals surface area (Å²) in [6, 6.07) is 10.6. The zero-order chi connectivity index (χ0) is 28.3. The van der Waals surface area contributed by atoms with Crippen LogP contribution in [0.1, 0.15) is 45.7 Å². The molecule has 0 aliphatic heterocycles. The normalized spacial score (nSPS) is 10.2. The maximum atomic E-state index is 7.50. The van der Waals surface area contributed by atoms with Crippen molar-refractivity contribution < 1.29 is 45.2 Å². The summed E-state index contributed by atoms with van der Waals surface area (Å²) in [4.78, 5) is 0. The monoisotopic (exact) mass is 560 g/mol. The van der Waals surface area contributed by atoms with Gasteiger partial charge in [-0.05, 0) is 71.6 Å². The third-order valence-corrected chi connectivity index (χ3v) is 11.0. The van der Waals surface area contributed by atoms with Crippen molar-refractivity contribution in [3.05, 3.63) is 61.4 Å². The minimum Gasteiger partial charge on any atom is 0 e. The van der Waals surface area contributed by atoms with Crippen LogP contribution >= 0.6 is 0 Å². The Kier molecular flexibility index (Phi) is 16.3. The second-order valence-electron chi connectivity index (χ2n) is 9.46. The quantitative estimate of drug-likeness (QED) is 0.136. The minimum atomic E-state index is -2.04. The Balaban J connectivity index is 0. The third kappa shape index (κ3) is 7.77. The molecular formula is C29H36CrO6Si. The van der Waals surface area contributed by atoms with Gasteiger partial charge in [-0.1, -0.05) is 40.7 Å². The fourth-order valence-electron chi connectivity index (χ4n) is 3.96. The Morgan fingerprint density at radius 1 is 0.757 bits per heavy atom. The van der Waals surface area contributed by atoms with E-state index in [-0.39, 0.29) is 22.4 Å². The molecule has 0 bridgehead atoms. The molecule has 0 amide bonds. The molecule has 3 aromatic rings. The van der Waals surface area contributed by atoms with Crippen LogP contribution in [0.5, 0.6) is 17.2 Å². The SMILES string of the molecule is CCc1c(CC)c(O[Si](C)(C)C(C)(C)C)c2c(ccc3cc(OC)ccc32)c1OC.[C-]#[O+].[C-]#[O+].[C-]#[O+].[Cr]. The number of fused-ring (bicyclic) bond motifs is 3. The second-order valence-corrected chi connectivity index (χ2v) is 14.2. The van der Waals surface area contributed by atoms with Gasteiger partial charge in [0.2, 0.25) is 0 Å². The minimum absolute atomic E-state index is 0. The average Bonchev–Trinajstić information content (AvgIpc) is 2.90. The van der Waals surface area contributed by atoms with Crippen LogP contribution in [0.25, 0.3) is 21.5 Å². The molecule has 0 radical (unpaired) electrons. The second kappa shape index (κ2) is 16.4. The first-order valence-electron chi connectivity index (χ1n) is 11.5. The molecule has 198 valence electrons. The van der Waals surface area contributed by atoms with Crippen molar-refractivity contribution >= 4 is 29.9 Å². The molecule has 0 fully saturated rings. The molecule has 0 saturated heterocycles. The first-order valence-corrected chi connectivity index (χ1v) is 14.4. The van der Waals surface area contributed by atoms with Gasteiger partial charge in [-0.3, -0.25) is 0 Å². The molecule has 37 heavy (non-hydrogen) atoms. The van der Waals surface area contributed by atoms with Gasteiger partial charge in [0, 0.05) is 33.7 Å². The summed E-state index contributed by atoms with van der Waals surface area (Å²) in [5.74, 6) is 2.89. The first kappa shape index (κ1) is 36.7. The Hall–Kier alpha value is -2.45. The Labute approximate surface area is 233 Å². The van der Waals surface area contributed by atoms with Gasteiger partial charge in [0.25, 0.3) is 8.32 Å². The molecule has 0 saturated carbocycles. The summed E-state index contributed by atoms with van der Waals surface area (Å²) < 4.78 is 41.0. The van der Waals surface area contributed by atoms with E-state index in [0.717, 1.165) is 46.2 Å². The third-order valence-electron chi connectivity index (χ3n) is 6.69. The number of rotatable bonds is 6. The smallest absolute Gasteiger partial charge is 0 e. The van der Waals surface area contributed by atoms with Crippen molar-refractivity contribution in [1.29, 1.82) is 0 Å². The summed E-state index contributed by atoms with van der Waals surface area (Å²) >= 11 is 0. The molecule has 3 aromatic carbocycles. The maximum Gasteiger partial charge on any atom is 0 e. The van der Waals surface area contributed by atoms with Crippen LogP contribution in [-0.4, -0.2) is 22.5 Å². The van der Waals surface area contributed by atoms with E-state index >= 15 is 0 Å². The molecule has 8 heteroatoms. The molecule has 0 N–H and O–H groups in total. The van der Waals surface area contributed by atoms with Crippen LogP contribution in [-0.2, 0) is 44.2 Å². The van der Waals surface area contributed by atoms with Gasteiger partial charge in [0.15, 0.2) is 0 Å². The van der Waals surface area contributed by atoms with E-state index in [1.54, 1.807) is 14.2 Å². The molecule has 0 atom stereocenters. The molecule has 0 spiro atoms. The van der Waals surface area contributed by atoms with Crippen LogP contribution in [0.4, 0.5) is 0 Å². The Bertz CT molecular complexity index is 1210.